The second-order valence-corrected chi connectivity index (χ2v) is 6.07. The third-order valence-electron chi connectivity index (χ3n) is 4.58. The van der Waals surface area contributed by atoms with Gasteiger partial charge in [-0.1, -0.05) is 19.3 Å². The first-order valence-corrected chi connectivity index (χ1v) is 7.72. The average molecular weight is 296 g/mol. The molecule has 2 rings (SSSR count). The highest BCUT2D eigenvalue weighted by molar-refractivity contribution is 5.31. The first kappa shape index (κ1) is 16.3. The predicted molar refractivity (Wildman–Crippen MR) is 82.1 cm³/mol. The van der Waals surface area contributed by atoms with E-state index in [-0.39, 0.29) is 17.7 Å². The summed E-state index contributed by atoms with van der Waals surface area (Å²) >= 11 is 0. The van der Waals surface area contributed by atoms with E-state index in [9.17, 15) is 0 Å². The average Bonchev–Trinajstić information content (AvgIpc) is 2.93. The zero-order chi connectivity index (χ0) is 15.5. The fourth-order valence-electron chi connectivity index (χ4n) is 3.44. The zero-order valence-corrected chi connectivity index (χ0v) is 13.6. The molecule has 120 valence electrons. The standard InChI is InChI=1S/C15H28N4O2/c1-11(2)19-13(12(20-3)10-17-19)14(18-16)15(21-4)8-6-5-7-9-15/h10-11,14,18H,5-9,16H2,1-4H3. The molecule has 1 atom stereocenters. The van der Waals surface area contributed by atoms with Gasteiger partial charge in [-0.3, -0.25) is 10.5 Å². The van der Waals surface area contributed by atoms with Crippen LogP contribution in [0.5, 0.6) is 5.75 Å². The quantitative estimate of drug-likeness (QED) is 0.622. The number of aromatic nitrogens is 2. The largest absolute Gasteiger partial charge is 0.493 e. The van der Waals surface area contributed by atoms with Crippen LogP contribution in [0.25, 0.3) is 0 Å². The molecule has 0 radical (unpaired) electrons. The van der Waals surface area contributed by atoms with Gasteiger partial charge in [0.15, 0.2) is 5.75 Å². The van der Waals surface area contributed by atoms with E-state index in [2.05, 4.69) is 24.4 Å². The van der Waals surface area contributed by atoms with Crippen molar-refractivity contribution in [3.63, 3.8) is 0 Å². The Bertz CT molecular complexity index is 453. The van der Waals surface area contributed by atoms with E-state index in [0.29, 0.717) is 0 Å². The van der Waals surface area contributed by atoms with E-state index >= 15 is 0 Å². The van der Waals surface area contributed by atoms with Crippen molar-refractivity contribution in [3.8, 4) is 5.75 Å². The van der Waals surface area contributed by atoms with E-state index in [0.717, 1.165) is 37.1 Å². The summed E-state index contributed by atoms with van der Waals surface area (Å²) in [5, 5.41) is 4.46. The minimum absolute atomic E-state index is 0.136. The van der Waals surface area contributed by atoms with Crippen molar-refractivity contribution in [2.75, 3.05) is 14.2 Å². The molecule has 1 fully saturated rings. The first-order valence-electron chi connectivity index (χ1n) is 7.72. The van der Waals surface area contributed by atoms with Gasteiger partial charge in [0.1, 0.15) is 5.69 Å². The van der Waals surface area contributed by atoms with Crippen molar-refractivity contribution in [1.29, 1.82) is 0 Å². The van der Waals surface area contributed by atoms with Gasteiger partial charge >= 0.3 is 0 Å². The molecular weight excluding hydrogens is 268 g/mol. The van der Waals surface area contributed by atoms with Crippen LogP contribution in [0.2, 0.25) is 0 Å². The monoisotopic (exact) mass is 296 g/mol. The van der Waals surface area contributed by atoms with Crippen LogP contribution < -0.4 is 16.0 Å². The Morgan fingerprint density at radius 3 is 2.43 bits per heavy atom. The Kier molecular flexibility index (Phi) is 5.24. The summed E-state index contributed by atoms with van der Waals surface area (Å²) in [6, 6.07) is 0.0971. The highest BCUT2D eigenvalue weighted by atomic mass is 16.5. The van der Waals surface area contributed by atoms with Gasteiger partial charge in [-0.05, 0) is 26.7 Å². The van der Waals surface area contributed by atoms with E-state index in [4.69, 9.17) is 15.3 Å². The second-order valence-electron chi connectivity index (χ2n) is 6.07. The van der Waals surface area contributed by atoms with Crippen molar-refractivity contribution in [2.45, 2.75) is 63.6 Å². The lowest BCUT2D eigenvalue weighted by Gasteiger charge is -2.42. The molecule has 6 heteroatoms. The number of methoxy groups -OCH3 is 2. The minimum atomic E-state index is -0.299. The van der Waals surface area contributed by atoms with Crippen molar-refractivity contribution < 1.29 is 9.47 Å². The molecular formula is C15H28N4O2. The van der Waals surface area contributed by atoms with E-state index in [1.54, 1.807) is 20.4 Å². The fraction of sp³-hybridized carbons (Fsp3) is 0.800. The highest BCUT2D eigenvalue weighted by Crippen LogP contribution is 2.43. The van der Waals surface area contributed by atoms with Gasteiger partial charge in [0, 0.05) is 13.2 Å². The third kappa shape index (κ3) is 2.93. The number of nitrogens with zero attached hydrogens (tertiary/aromatic N) is 2. The summed E-state index contributed by atoms with van der Waals surface area (Å²) in [5.41, 5.74) is 3.64. The molecule has 0 saturated heterocycles. The Morgan fingerprint density at radius 2 is 1.95 bits per heavy atom. The molecule has 3 N–H and O–H groups in total. The van der Waals surface area contributed by atoms with Crippen LogP contribution in [-0.2, 0) is 4.74 Å². The molecule has 0 bridgehead atoms. The zero-order valence-electron chi connectivity index (χ0n) is 13.6. The molecule has 1 aromatic rings. The van der Waals surface area contributed by atoms with Crippen molar-refractivity contribution in [2.24, 2.45) is 5.84 Å². The minimum Gasteiger partial charge on any atom is -0.493 e. The number of hydrazine groups is 1. The van der Waals surface area contributed by atoms with E-state index < -0.39 is 0 Å². The van der Waals surface area contributed by atoms with Gasteiger partial charge in [0.2, 0.25) is 0 Å². The van der Waals surface area contributed by atoms with Gasteiger partial charge in [-0.25, -0.2) is 5.43 Å². The van der Waals surface area contributed by atoms with Crippen LogP contribution in [0.15, 0.2) is 6.20 Å². The lowest BCUT2D eigenvalue weighted by atomic mass is 9.78. The van der Waals surface area contributed by atoms with Crippen LogP contribution in [0.4, 0.5) is 0 Å². The second kappa shape index (κ2) is 6.77. The molecule has 1 saturated carbocycles. The highest BCUT2D eigenvalue weighted by Gasteiger charge is 2.43. The number of hydrogen-bond acceptors (Lipinski definition) is 5. The van der Waals surface area contributed by atoms with Crippen LogP contribution in [-0.4, -0.2) is 29.6 Å². The van der Waals surface area contributed by atoms with Gasteiger partial charge in [0.25, 0.3) is 0 Å². The third-order valence-corrected chi connectivity index (χ3v) is 4.58. The van der Waals surface area contributed by atoms with Crippen molar-refractivity contribution >= 4 is 0 Å². The SMILES string of the molecule is COc1cnn(C(C)C)c1C(NN)C1(OC)CCCCC1. The number of rotatable bonds is 6. The Morgan fingerprint density at radius 1 is 1.29 bits per heavy atom. The molecule has 1 unspecified atom stereocenters. The number of nitrogens with two attached hydrogens (primary N) is 1. The molecule has 1 aliphatic rings. The fourth-order valence-corrected chi connectivity index (χ4v) is 3.44. The van der Waals surface area contributed by atoms with Crippen LogP contribution >= 0.6 is 0 Å². The molecule has 1 aliphatic carbocycles. The molecule has 21 heavy (non-hydrogen) atoms. The summed E-state index contributed by atoms with van der Waals surface area (Å²) < 4.78 is 13.4. The normalized spacial score (nSPS) is 19.7. The molecule has 6 nitrogen and oxygen atoms in total. The molecule has 0 aromatic carbocycles. The summed E-state index contributed by atoms with van der Waals surface area (Å²) in [6.07, 6.45) is 7.30. The van der Waals surface area contributed by atoms with Crippen molar-refractivity contribution in [1.82, 2.24) is 15.2 Å². The van der Waals surface area contributed by atoms with Gasteiger partial charge in [-0.2, -0.15) is 5.10 Å². The topological polar surface area (TPSA) is 74.3 Å². The predicted octanol–water partition coefficient (Wildman–Crippen LogP) is 2.33. The van der Waals surface area contributed by atoms with E-state index in [1.165, 1.54) is 6.42 Å². The van der Waals surface area contributed by atoms with Gasteiger partial charge in [0.05, 0.1) is 24.9 Å². The summed E-state index contributed by atoms with van der Waals surface area (Å²) in [6.45, 7) is 4.20. The van der Waals surface area contributed by atoms with E-state index in [1.807, 2.05) is 4.68 Å². The summed E-state index contributed by atoms with van der Waals surface area (Å²) in [7, 11) is 3.44. The molecule has 0 amide bonds. The summed E-state index contributed by atoms with van der Waals surface area (Å²) in [4.78, 5) is 0. The first-order chi connectivity index (χ1) is 10.1. The van der Waals surface area contributed by atoms with Crippen LogP contribution in [0, 0.1) is 0 Å². The Hall–Kier alpha value is -1.11. The maximum absolute atomic E-state index is 5.95. The number of ether oxygens (including phenoxy) is 2. The van der Waals surface area contributed by atoms with Gasteiger partial charge in [-0.15, -0.1) is 0 Å². The molecule has 1 aromatic heterocycles. The lowest BCUT2D eigenvalue weighted by Crippen LogP contribution is -2.50. The maximum atomic E-state index is 5.95. The van der Waals surface area contributed by atoms with Gasteiger partial charge < -0.3 is 9.47 Å². The van der Waals surface area contributed by atoms with Crippen molar-refractivity contribution in [3.05, 3.63) is 11.9 Å². The number of nitrogens with one attached hydrogen (secondary N) is 1. The summed E-state index contributed by atoms with van der Waals surface area (Å²) in [5.74, 6) is 6.68. The Labute approximate surface area is 126 Å². The maximum Gasteiger partial charge on any atom is 0.161 e. The number of hydrogen-bond donors (Lipinski definition) is 2. The molecule has 0 aliphatic heterocycles. The smallest absolute Gasteiger partial charge is 0.161 e. The molecule has 0 spiro atoms. The van der Waals surface area contributed by atoms with Crippen LogP contribution in [0.3, 0.4) is 0 Å². The molecule has 1 heterocycles. The van der Waals surface area contributed by atoms with Crippen LogP contribution in [0.1, 0.15) is 63.7 Å². The Balaban J connectivity index is 2.47. The lowest BCUT2D eigenvalue weighted by molar-refractivity contribution is -0.0713.